The first-order valence-corrected chi connectivity index (χ1v) is 8.48. The SMILES string of the molecule is COc1ccc(Br)cc1S(=O)(=O)N(C)c1ccc(C)cc1. The van der Waals surface area contributed by atoms with Gasteiger partial charge in [-0.15, -0.1) is 0 Å². The lowest BCUT2D eigenvalue weighted by Crippen LogP contribution is -2.27. The second-order valence-corrected chi connectivity index (χ2v) is 7.46. The summed E-state index contributed by atoms with van der Waals surface area (Å²) in [7, 11) is -0.711. The van der Waals surface area contributed by atoms with Crippen LogP contribution in [0.3, 0.4) is 0 Å². The molecule has 0 spiro atoms. The van der Waals surface area contributed by atoms with Crippen LogP contribution in [0.15, 0.2) is 51.8 Å². The number of rotatable bonds is 4. The molecule has 0 heterocycles. The Kier molecular flexibility index (Phi) is 4.58. The van der Waals surface area contributed by atoms with Gasteiger partial charge in [-0.1, -0.05) is 33.6 Å². The number of halogens is 1. The summed E-state index contributed by atoms with van der Waals surface area (Å²) in [4.78, 5) is 0.127. The van der Waals surface area contributed by atoms with Crippen LogP contribution in [-0.2, 0) is 10.0 Å². The minimum atomic E-state index is -3.69. The summed E-state index contributed by atoms with van der Waals surface area (Å²) in [5.74, 6) is 0.317. The summed E-state index contributed by atoms with van der Waals surface area (Å²) in [5, 5.41) is 0. The highest BCUT2D eigenvalue weighted by molar-refractivity contribution is 9.10. The van der Waals surface area contributed by atoms with Gasteiger partial charge in [0.2, 0.25) is 0 Å². The number of benzene rings is 2. The van der Waals surface area contributed by atoms with Gasteiger partial charge in [-0.3, -0.25) is 4.31 Å². The fourth-order valence-electron chi connectivity index (χ4n) is 1.89. The van der Waals surface area contributed by atoms with Crippen LogP contribution in [0.1, 0.15) is 5.56 Å². The molecule has 2 aromatic rings. The van der Waals surface area contributed by atoms with E-state index in [2.05, 4.69) is 15.9 Å². The van der Waals surface area contributed by atoms with E-state index >= 15 is 0 Å². The minimum absolute atomic E-state index is 0.127. The summed E-state index contributed by atoms with van der Waals surface area (Å²) < 4.78 is 32.6. The Bertz CT molecular complexity index is 742. The summed E-state index contributed by atoms with van der Waals surface area (Å²) in [6.45, 7) is 1.95. The van der Waals surface area contributed by atoms with Crippen molar-refractivity contribution in [2.75, 3.05) is 18.5 Å². The Hall–Kier alpha value is -1.53. The lowest BCUT2D eigenvalue weighted by Gasteiger charge is -2.21. The van der Waals surface area contributed by atoms with Gasteiger partial charge in [0.1, 0.15) is 10.6 Å². The summed E-state index contributed by atoms with van der Waals surface area (Å²) >= 11 is 3.29. The number of hydrogen-bond donors (Lipinski definition) is 0. The van der Waals surface area contributed by atoms with Gasteiger partial charge in [-0.05, 0) is 37.3 Å². The lowest BCUT2D eigenvalue weighted by molar-refractivity contribution is 0.402. The Labute approximate surface area is 133 Å². The van der Waals surface area contributed by atoms with Crippen molar-refractivity contribution in [2.24, 2.45) is 0 Å². The van der Waals surface area contributed by atoms with Gasteiger partial charge in [0.05, 0.1) is 12.8 Å². The molecule has 2 aromatic carbocycles. The van der Waals surface area contributed by atoms with Crippen molar-refractivity contribution in [1.82, 2.24) is 0 Å². The average molecular weight is 370 g/mol. The molecule has 0 radical (unpaired) electrons. The zero-order valence-corrected chi connectivity index (χ0v) is 14.4. The third-order valence-electron chi connectivity index (χ3n) is 3.16. The standard InChI is InChI=1S/C15H16BrNO3S/c1-11-4-7-13(8-5-11)17(2)21(18,19)15-10-12(16)6-9-14(15)20-3/h4-10H,1-3H3. The third-order valence-corrected chi connectivity index (χ3v) is 5.46. The highest BCUT2D eigenvalue weighted by Gasteiger charge is 2.25. The van der Waals surface area contributed by atoms with Crippen molar-refractivity contribution in [2.45, 2.75) is 11.8 Å². The van der Waals surface area contributed by atoms with E-state index in [4.69, 9.17) is 4.74 Å². The van der Waals surface area contributed by atoms with Crippen LogP contribution < -0.4 is 9.04 Å². The molecule has 21 heavy (non-hydrogen) atoms. The van der Waals surface area contributed by atoms with E-state index in [-0.39, 0.29) is 4.90 Å². The molecule has 0 amide bonds. The number of anilines is 1. The van der Waals surface area contributed by atoms with E-state index in [1.54, 1.807) is 30.3 Å². The van der Waals surface area contributed by atoms with Gasteiger partial charge in [0.25, 0.3) is 10.0 Å². The Balaban J connectivity index is 2.51. The molecule has 0 saturated carbocycles. The molecule has 0 aliphatic heterocycles. The van der Waals surface area contributed by atoms with Gasteiger partial charge in [0, 0.05) is 11.5 Å². The van der Waals surface area contributed by atoms with Crippen LogP contribution in [0.25, 0.3) is 0 Å². The Morgan fingerprint density at radius 1 is 1.10 bits per heavy atom. The summed E-state index contributed by atoms with van der Waals surface area (Å²) in [5.41, 5.74) is 1.67. The minimum Gasteiger partial charge on any atom is -0.495 e. The predicted octanol–water partition coefficient (Wildman–Crippen LogP) is 3.59. The molecule has 0 aromatic heterocycles. The van der Waals surface area contributed by atoms with Crippen molar-refractivity contribution in [3.05, 3.63) is 52.5 Å². The van der Waals surface area contributed by atoms with E-state index in [0.717, 1.165) is 5.56 Å². The third kappa shape index (κ3) is 3.22. The highest BCUT2D eigenvalue weighted by atomic mass is 79.9. The first-order chi connectivity index (χ1) is 9.86. The first-order valence-electron chi connectivity index (χ1n) is 6.25. The fraction of sp³-hybridized carbons (Fsp3) is 0.200. The monoisotopic (exact) mass is 369 g/mol. The Morgan fingerprint density at radius 2 is 1.71 bits per heavy atom. The van der Waals surface area contributed by atoms with Crippen LogP contribution in [0.5, 0.6) is 5.75 Å². The van der Waals surface area contributed by atoms with Gasteiger partial charge in [-0.25, -0.2) is 8.42 Å². The zero-order chi connectivity index (χ0) is 15.6. The molecular formula is C15H16BrNO3S. The Morgan fingerprint density at radius 3 is 2.29 bits per heavy atom. The van der Waals surface area contributed by atoms with Crippen LogP contribution in [0.4, 0.5) is 5.69 Å². The molecule has 112 valence electrons. The van der Waals surface area contributed by atoms with E-state index in [1.165, 1.54) is 18.5 Å². The molecular weight excluding hydrogens is 354 g/mol. The molecule has 0 unspecified atom stereocenters. The molecule has 0 aliphatic rings. The molecule has 4 nitrogen and oxygen atoms in total. The number of sulfonamides is 1. The van der Waals surface area contributed by atoms with Gasteiger partial charge < -0.3 is 4.74 Å². The molecule has 0 aliphatic carbocycles. The van der Waals surface area contributed by atoms with Crippen molar-refractivity contribution < 1.29 is 13.2 Å². The maximum absolute atomic E-state index is 12.8. The van der Waals surface area contributed by atoms with E-state index in [0.29, 0.717) is 15.9 Å². The molecule has 0 fully saturated rings. The van der Waals surface area contributed by atoms with Crippen molar-refractivity contribution >= 4 is 31.6 Å². The fourth-order valence-corrected chi connectivity index (χ4v) is 3.78. The molecule has 6 heteroatoms. The number of aryl methyl sites for hydroxylation is 1. The second kappa shape index (κ2) is 6.07. The highest BCUT2D eigenvalue weighted by Crippen LogP contribution is 2.31. The van der Waals surface area contributed by atoms with Gasteiger partial charge >= 0.3 is 0 Å². The average Bonchev–Trinajstić information content (AvgIpc) is 2.47. The molecule has 0 saturated heterocycles. The van der Waals surface area contributed by atoms with Gasteiger partial charge in [0.15, 0.2) is 0 Å². The van der Waals surface area contributed by atoms with Crippen LogP contribution in [0.2, 0.25) is 0 Å². The largest absolute Gasteiger partial charge is 0.495 e. The predicted molar refractivity (Wildman–Crippen MR) is 87.5 cm³/mol. The number of hydrogen-bond acceptors (Lipinski definition) is 3. The lowest BCUT2D eigenvalue weighted by atomic mass is 10.2. The number of ether oxygens (including phenoxy) is 1. The summed E-state index contributed by atoms with van der Waals surface area (Å²) in [6, 6.07) is 12.2. The van der Waals surface area contributed by atoms with Crippen molar-refractivity contribution in [3.63, 3.8) is 0 Å². The smallest absolute Gasteiger partial charge is 0.267 e. The van der Waals surface area contributed by atoms with Crippen LogP contribution in [0, 0.1) is 6.92 Å². The molecule has 2 rings (SSSR count). The first kappa shape index (κ1) is 15.9. The maximum atomic E-state index is 12.8. The maximum Gasteiger partial charge on any atom is 0.267 e. The molecule has 0 N–H and O–H groups in total. The summed E-state index contributed by atoms with van der Waals surface area (Å²) in [6.07, 6.45) is 0. The quantitative estimate of drug-likeness (QED) is 0.826. The van der Waals surface area contributed by atoms with E-state index in [9.17, 15) is 8.42 Å². The normalized spacial score (nSPS) is 11.2. The van der Waals surface area contributed by atoms with E-state index in [1.807, 2.05) is 19.1 Å². The van der Waals surface area contributed by atoms with Crippen molar-refractivity contribution in [3.8, 4) is 5.75 Å². The number of nitrogens with zero attached hydrogens (tertiary/aromatic N) is 1. The topological polar surface area (TPSA) is 46.6 Å². The zero-order valence-electron chi connectivity index (χ0n) is 12.0. The van der Waals surface area contributed by atoms with Crippen LogP contribution >= 0.6 is 15.9 Å². The number of methoxy groups -OCH3 is 1. The molecule has 0 atom stereocenters. The van der Waals surface area contributed by atoms with Gasteiger partial charge in [-0.2, -0.15) is 0 Å². The second-order valence-electron chi connectivity index (χ2n) is 4.60. The van der Waals surface area contributed by atoms with E-state index < -0.39 is 10.0 Å². The van der Waals surface area contributed by atoms with Crippen molar-refractivity contribution in [1.29, 1.82) is 0 Å². The molecule has 0 bridgehead atoms. The van der Waals surface area contributed by atoms with Crippen LogP contribution in [-0.4, -0.2) is 22.6 Å².